The van der Waals surface area contributed by atoms with Gasteiger partial charge in [0.15, 0.2) is 5.76 Å². The van der Waals surface area contributed by atoms with Gasteiger partial charge in [-0.25, -0.2) is 9.59 Å². The lowest BCUT2D eigenvalue weighted by atomic mass is 9.83. The minimum absolute atomic E-state index is 0.0216. The van der Waals surface area contributed by atoms with Crippen LogP contribution in [0.15, 0.2) is 34.9 Å². The second kappa shape index (κ2) is 7.79. The van der Waals surface area contributed by atoms with Gasteiger partial charge < -0.3 is 25.0 Å². The molecule has 0 spiro atoms. The molecule has 1 aromatic heterocycles. The average Bonchev–Trinajstić information content (AvgIpc) is 3.05. The summed E-state index contributed by atoms with van der Waals surface area (Å²) in [7, 11) is 0. The Morgan fingerprint density at radius 3 is 2.52 bits per heavy atom. The number of aromatic nitrogens is 1. The number of urea groups is 1. The first-order valence-corrected chi connectivity index (χ1v) is 8.84. The molecule has 8 nitrogen and oxygen atoms in total. The van der Waals surface area contributed by atoms with Crippen LogP contribution in [0.25, 0.3) is 0 Å². The molecule has 27 heavy (non-hydrogen) atoms. The van der Waals surface area contributed by atoms with Gasteiger partial charge in [-0.2, -0.15) is 0 Å². The summed E-state index contributed by atoms with van der Waals surface area (Å²) in [6, 6.07) is 8.72. The molecule has 8 heteroatoms. The first-order chi connectivity index (χ1) is 12.9. The van der Waals surface area contributed by atoms with E-state index in [0.717, 1.165) is 5.56 Å². The van der Waals surface area contributed by atoms with Gasteiger partial charge in [0.1, 0.15) is 5.56 Å². The number of rotatable bonds is 5. The van der Waals surface area contributed by atoms with Gasteiger partial charge in [0.2, 0.25) is 0 Å². The third-order valence-electron chi connectivity index (χ3n) is 4.87. The SMILES string of the molecule is Cc1noc([C@@H](C)NC(=O)NC2(c3ccccc3)CCOCC2)c1C(=O)O. The summed E-state index contributed by atoms with van der Waals surface area (Å²) >= 11 is 0. The molecule has 2 amide bonds. The van der Waals surface area contributed by atoms with Gasteiger partial charge in [-0.15, -0.1) is 0 Å². The highest BCUT2D eigenvalue weighted by atomic mass is 16.5. The molecule has 1 aromatic carbocycles. The van der Waals surface area contributed by atoms with E-state index in [-0.39, 0.29) is 17.0 Å². The maximum atomic E-state index is 12.7. The first kappa shape index (κ1) is 18.9. The smallest absolute Gasteiger partial charge is 0.341 e. The van der Waals surface area contributed by atoms with Crippen LogP contribution in [0, 0.1) is 6.92 Å². The van der Waals surface area contributed by atoms with Crippen molar-refractivity contribution < 1.29 is 24.0 Å². The van der Waals surface area contributed by atoms with Crippen molar-refractivity contribution in [2.75, 3.05) is 13.2 Å². The molecule has 0 unspecified atom stereocenters. The topological polar surface area (TPSA) is 114 Å². The number of benzene rings is 1. The largest absolute Gasteiger partial charge is 0.477 e. The standard InChI is InChI=1S/C19H23N3O5/c1-12-15(17(23)24)16(27-22-12)13(2)20-18(25)21-19(8-10-26-11-9-19)14-6-4-3-5-7-14/h3-7,13H,8-11H2,1-2H3,(H,23,24)(H2,20,21,25)/t13-/m1/s1. The molecule has 2 aromatic rings. The number of amides is 2. The fourth-order valence-electron chi connectivity index (χ4n) is 3.42. The van der Waals surface area contributed by atoms with Crippen molar-refractivity contribution in [2.45, 2.75) is 38.3 Å². The van der Waals surface area contributed by atoms with E-state index in [1.165, 1.54) is 0 Å². The van der Waals surface area contributed by atoms with Gasteiger partial charge >= 0.3 is 12.0 Å². The molecular weight excluding hydrogens is 350 g/mol. The molecule has 0 radical (unpaired) electrons. The lowest BCUT2D eigenvalue weighted by Gasteiger charge is -2.38. The highest BCUT2D eigenvalue weighted by Crippen LogP contribution is 2.32. The molecule has 0 saturated carbocycles. The zero-order chi connectivity index (χ0) is 19.4. The van der Waals surface area contributed by atoms with Crippen molar-refractivity contribution in [3.05, 3.63) is 52.9 Å². The van der Waals surface area contributed by atoms with E-state index in [2.05, 4.69) is 15.8 Å². The van der Waals surface area contributed by atoms with Gasteiger partial charge in [-0.05, 0) is 32.3 Å². The van der Waals surface area contributed by atoms with Crippen LogP contribution in [0.1, 0.15) is 53.2 Å². The van der Waals surface area contributed by atoms with Crippen molar-refractivity contribution in [1.29, 1.82) is 0 Å². The molecule has 0 aliphatic carbocycles. The van der Waals surface area contributed by atoms with E-state index >= 15 is 0 Å². The Labute approximate surface area is 156 Å². The average molecular weight is 373 g/mol. The van der Waals surface area contributed by atoms with Gasteiger partial charge in [-0.3, -0.25) is 0 Å². The van der Waals surface area contributed by atoms with Crippen LogP contribution < -0.4 is 10.6 Å². The van der Waals surface area contributed by atoms with Gasteiger partial charge in [0.25, 0.3) is 0 Å². The minimum Gasteiger partial charge on any atom is -0.477 e. The monoisotopic (exact) mass is 373 g/mol. The molecular formula is C19H23N3O5. The predicted molar refractivity (Wildman–Crippen MR) is 96.5 cm³/mol. The summed E-state index contributed by atoms with van der Waals surface area (Å²) in [5, 5.41) is 18.8. The first-order valence-electron chi connectivity index (χ1n) is 8.84. The fourth-order valence-corrected chi connectivity index (χ4v) is 3.42. The molecule has 1 fully saturated rings. The summed E-state index contributed by atoms with van der Waals surface area (Å²) in [5.74, 6) is -1.01. The second-order valence-corrected chi connectivity index (χ2v) is 6.69. The van der Waals surface area contributed by atoms with Gasteiger partial charge in [-0.1, -0.05) is 35.5 Å². The van der Waals surface area contributed by atoms with Crippen LogP contribution in [-0.4, -0.2) is 35.5 Å². The van der Waals surface area contributed by atoms with Crippen LogP contribution in [0.3, 0.4) is 0 Å². The number of aryl methyl sites for hydroxylation is 1. The number of nitrogens with one attached hydrogen (secondary N) is 2. The van der Waals surface area contributed by atoms with E-state index in [9.17, 15) is 14.7 Å². The Kier molecular flexibility index (Phi) is 5.46. The zero-order valence-corrected chi connectivity index (χ0v) is 15.3. The molecule has 2 heterocycles. The lowest BCUT2D eigenvalue weighted by Crippen LogP contribution is -2.53. The van der Waals surface area contributed by atoms with Gasteiger partial charge in [0, 0.05) is 13.2 Å². The number of aromatic carboxylic acids is 1. The third kappa shape index (κ3) is 3.95. The van der Waals surface area contributed by atoms with Crippen LogP contribution in [0.4, 0.5) is 4.79 Å². The predicted octanol–water partition coefficient (Wildman–Crippen LogP) is 2.75. The Morgan fingerprint density at radius 2 is 1.89 bits per heavy atom. The maximum absolute atomic E-state index is 12.7. The molecule has 1 atom stereocenters. The van der Waals surface area contributed by atoms with E-state index in [1.807, 2.05) is 30.3 Å². The minimum atomic E-state index is -1.14. The summed E-state index contributed by atoms with van der Waals surface area (Å²) in [6.07, 6.45) is 1.31. The molecule has 1 aliphatic heterocycles. The molecule has 0 bridgehead atoms. The van der Waals surface area contributed by atoms with E-state index in [1.54, 1.807) is 13.8 Å². The van der Waals surface area contributed by atoms with Crippen molar-refractivity contribution >= 4 is 12.0 Å². The molecule has 3 N–H and O–H groups in total. The number of carbonyl (C=O) groups excluding carboxylic acids is 1. The van der Waals surface area contributed by atoms with Crippen LogP contribution in [-0.2, 0) is 10.3 Å². The summed E-state index contributed by atoms with van der Waals surface area (Å²) < 4.78 is 10.6. The van der Waals surface area contributed by atoms with Crippen molar-refractivity contribution in [3.63, 3.8) is 0 Å². The Morgan fingerprint density at radius 1 is 1.22 bits per heavy atom. The van der Waals surface area contributed by atoms with Crippen molar-refractivity contribution in [2.24, 2.45) is 0 Å². The summed E-state index contributed by atoms with van der Waals surface area (Å²) in [4.78, 5) is 24.1. The lowest BCUT2D eigenvalue weighted by molar-refractivity contribution is 0.0407. The van der Waals surface area contributed by atoms with E-state index < -0.39 is 23.6 Å². The number of carbonyl (C=O) groups is 2. The molecule has 144 valence electrons. The van der Waals surface area contributed by atoms with Crippen molar-refractivity contribution in [1.82, 2.24) is 15.8 Å². The van der Waals surface area contributed by atoms with Gasteiger partial charge in [0.05, 0.1) is 17.3 Å². The maximum Gasteiger partial charge on any atom is 0.341 e. The Hall–Kier alpha value is -2.87. The number of ether oxygens (including phenoxy) is 1. The zero-order valence-electron chi connectivity index (χ0n) is 15.3. The number of carboxylic acid groups (broad SMARTS) is 1. The highest BCUT2D eigenvalue weighted by Gasteiger charge is 2.36. The number of hydrogen-bond acceptors (Lipinski definition) is 5. The van der Waals surface area contributed by atoms with Crippen LogP contribution in [0.2, 0.25) is 0 Å². The molecule has 3 rings (SSSR count). The third-order valence-corrected chi connectivity index (χ3v) is 4.87. The Balaban J connectivity index is 1.76. The fraction of sp³-hybridized carbons (Fsp3) is 0.421. The molecule has 1 aliphatic rings. The number of carboxylic acids is 1. The van der Waals surface area contributed by atoms with Crippen LogP contribution in [0.5, 0.6) is 0 Å². The number of nitrogens with zero attached hydrogens (tertiary/aromatic N) is 1. The second-order valence-electron chi connectivity index (χ2n) is 6.69. The number of hydrogen-bond donors (Lipinski definition) is 3. The summed E-state index contributed by atoms with van der Waals surface area (Å²) in [5.41, 5.74) is 0.734. The molecule has 1 saturated heterocycles. The quantitative estimate of drug-likeness (QED) is 0.743. The normalized spacial score (nSPS) is 17.1. The van der Waals surface area contributed by atoms with Crippen molar-refractivity contribution in [3.8, 4) is 0 Å². The Bertz CT molecular complexity index is 812. The van der Waals surface area contributed by atoms with Crippen LogP contribution >= 0.6 is 0 Å². The van der Waals surface area contributed by atoms with E-state index in [4.69, 9.17) is 9.26 Å². The highest BCUT2D eigenvalue weighted by molar-refractivity contribution is 5.90. The van der Waals surface area contributed by atoms with E-state index in [0.29, 0.717) is 26.1 Å². The summed E-state index contributed by atoms with van der Waals surface area (Å²) in [6.45, 7) is 4.31.